The van der Waals surface area contributed by atoms with Crippen LogP contribution in [0.1, 0.15) is 439 Å². The Labute approximate surface area is 964 Å². The van der Waals surface area contributed by atoms with Gasteiger partial charge in [-0.2, -0.15) is 33.7 Å². The van der Waals surface area contributed by atoms with Gasteiger partial charge in [0.2, 0.25) is 23.6 Å². The second kappa shape index (κ2) is 96.7. The Morgan fingerprint density at radius 2 is 0.291 bits per heavy atom. The van der Waals surface area contributed by atoms with Crippen molar-refractivity contribution in [2.45, 2.75) is 484 Å². The molecule has 0 heterocycles. The zero-order valence-corrected chi connectivity index (χ0v) is 100. The van der Waals surface area contributed by atoms with E-state index in [0.29, 0.717) is 71.0 Å². The maximum Gasteiger partial charge on any atom is 1.00 e. The molecule has 52 heteroatoms. The molecule has 0 fully saturated rings. The smallest absolute Gasteiger partial charge is 0.549 e. The number of carbonyl (C=O) groups is 16. The molecular formula is C96H168N4Na4O40S4. The quantitative estimate of drug-likeness (QED) is 0.0187. The number of hydrogen-bond acceptors (Lipinski definition) is 28. The van der Waals surface area contributed by atoms with Gasteiger partial charge in [0, 0.05) is 26.2 Å². The summed E-state index contributed by atoms with van der Waals surface area (Å²) in [5, 5.41) is 108. The normalized spacial score (nSPS) is 12.8. The SMILES string of the molecule is CCCCCCCCCCCCCCCCN(C(=O)CC(C(=O)[O-])S(=O)(=O)O)C(CC(=O)O)C(=O)O.CCCCCCCCCCCCCCCCN(C(=O)CC(C(=O)[O-])S(=O)(=O)O)C(CC(=O)O)C(=O)O.CCCCCCCCCCCCCCCCN(C(=O)CC(C(=O)[O-])S(=O)(=O)O)C(CC(=O)O)C(=O)O.CCCCCCCCCCCCCCCCN(C(=O)CC(C(=O)[O-])S(=O)(=O)O)C(CC(=O)O)C(=O)O.[Na+].[Na+].[Na+].[Na+]. The van der Waals surface area contributed by atoms with Crippen LogP contribution in [0.2, 0.25) is 0 Å². The Hall–Kier alpha value is -4.84. The van der Waals surface area contributed by atoms with E-state index >= 15 is 0 Å². The van der Waals surface area contributed by atoms with Crippen LogP contribution >= 0.6 is 0 Å². The van der Waals surface area contributed by atoms with E-state index in [4.69, 9.17) is 38.6 Å². The van der Waals surface area contributed by atoms with Crippen molar-refractivity contribution in [2.24, 2.45) is 0 Å². The van der Waals surface area contributed by atoms with Crippen molar-refractivity contribution in [2.75, 3.05) is 26.2 Å². The van der Waals surface area contributed by atoms with Gasteiger partial charge in [-0.25, -0.2) is 19.2 Å². The predicted octanol–water partition coefficient (Wildman–Crippen LogP) is -1.50. The summed E-state index contributed by atoms with van der Waals surface area (Å²) in [5.74, 6) is -26.1. The molecule has 44 nitrogen and oxygen atoms in total. The molecule has 8 unspecified atom stereocenters. The molecule has 0 spiro atoms. The van der Waals surface area contributed by atoms with Gasteiger partial charge in [0.15, 0.2) is 0 Å². The van der Waals surface area contributed by atoms with E-state index in [1.807, 2.05) is 0 Å². The van der Waals surface area contributed by atoms with E-state index in [9.17, 15) is 151 Å². The van der Waals surface area contributed by atoms with Crippen LogP contribution in [0.15, 0.2) is 0 Å². The Morgan fingerprint density at radius 1 is 0.189 bits per heavy atom. The molecular weight excluding hydrogens is 2070 g/mol. The Bertz CT molecular complexity index is 3680. The van der Waals surface area contributed by atoms with Crippen LogP contribution < -0.4 is 139 Å². The number of unbranched alkanes of at least 4 members (excludes halogenated alkanes) is 52. The minimum Gasteiger partial charge on any atom is -0.549 e. The van der Waals surface area contributed by atoms with E-state index in [1.54, 1.807) is 0 Å². The van der Waals surface area contributed by atoms with Gasteiger partial charge in [-0.05, 0) is 25.7 Å². The first-order chi connectivity index (χ1) is 67.6. The van der Waals surface area contributed by atoms with Crippen LogP contribution in [-0.4, -0.2) is 279 Å². The van der Waals surface area contributed by atoms with E-state index in [0.717, 1.165) is 103 Å². The molecule has 0 radical (unpaired) electrons. The molecule has 840 valence electrons. The number of carboxylic acid groups (broad SMARTS) is 12. The number of amides is 4. The molecule has 0 saturated heterocycles. The third kappa shape index (κ3) is 86.4. The van der Waals surface area contributed by atoms with Crippen molar-refractivity contribution in [3.8, 4) is 0 Å². The van der Waals surface area contributed by atoms with E-state index in [1.165, 1.54) is 205 Å². The number of nitrogens with zero attached hydrogens (tertiary/aromatic N) is 4. The number of rotatable bonds is 92. The molecule has 0 aliphatic carbocycles. The number of aliphatic carboxylic acids is 12. The minimum atomic E-state index is -5.18. The fourth-order valence-electron chi connectivity index (χ4n) is 16.1. The Kier molecular flexibility index (Phi) is 103. The van der Waals surface area contributed by atoms with E-state index in [-0.39, 0.29) is 144 Å². The maximum atomic E-state index is 12.6. The maximum absolute atomic E-state index is 12.6. The molecule has 148 heavy (non-hydrogen) atoms. The molecule has 0 aromatic carbocycles. The van der Waals surface area contributed by atoms with Crippen molar-refractivity contribution in [1.82, 2.24) is 19.6 Å². The number of carboxylic acids is 12. The van der Waals surface area contributed by atoms with Crippen molar-refractivity contribution in [3.63, 3.8) is 0 Å². The standard InChI is InChI=1S/4C24H43NO10S.4Na/c4*1-2-3-4-5-6-7-8-9-10-11-12-13-14-15-16-25(19(23(29)30)17-22(27)28)21(26)18-20(24(31)32)36(33,34)35;;;;/h4*19-20H,2-18H2,1H3,(H,27,28)(H,29,30)(H,31,32)(H,33,34,35);;;;/q;;;;4*+1/p-4. The van der Waals surface area contributed by atoms with Crippen LogP contribution in [0.3, 0.4) is 0 Å². The van der Waals surface area contributed by atoms with Crippen LogP contribution in [0.5, 0.6) is 0 Å². The third-order valence-corrected chi connectivity index (χ3v) is 28.7. The Morgan fingerprint density at radius 3 is 0.372 bits per heavy atom. The Balaban J connectivity index is -0.000000292. The molecule has 8 atom stereocenters. The second-order valence-corrected chi connectivity index (χ2v) is 43.0. The van der Waals surface area contributed by atoms with Gasteiger partial charge in [-0.3, -0.25) is 56.6 Å². The average molecular weight is 2240 g/mol. The topological polar surface area (TPSA) is 758 Å². The fourth-order valence-corrected chi connectivity index (χ4v) is 18.4. The second-order valence-electron chi connectivity index (χ2n) is 36.6. The summed E-state index contributed by atoms with van der Waals surface area (Å²) in [4.78, 5) is 188. The summed E-state index contributed by atoms with van der Waals surface area (Å²) in [6.07, 6.45) is 51.2. The van der Waals surface area contributed by atoms with Gasteiger partial charge in [0.1, 0.15) is 45.2 Å². The van der Waals surface area contributed by atoms with Crippen molar-refractivity contribution in [3.05, 3.63) is 0 Å². The van der Waals surface area contributed by atoms with Crippen LogP contribution in [-0.2, 0) is 117 Å². The fraction of sp³-hybridized carbons (Fsp3) is 0.833. The first-order valence-corrected chi connectivity index (χ1v) is 57.3. The molecule has 0 aromatic rings. The first kappa shape index (κ1) is 158. The van der Waals surface area contributed by atoms with Crippen molar-refractivity contribution in [1.29, 1.82) is 0 Å². The van der Waals surface area contributed by atoms with Gasteiger partial charge in [0.25, 0.3) is 40.5 Å². The molecule has 0 bridgehead atoms. The average Bonchev–Trinajstić information content (AvgIpc) is 0.843. The summed E-state index contributed by atoms with van der Waals surface area (Å²) in [7, 11) is -20.7. The summed E-state index contributed by atoms with van der Waals surface area (Å²) < 4.78 is 126. The summed E-state index contributed by atoms with van der Waals surface area (Å²) >= 11 is 0. The molecule has 0 saturated carbocycles. The van der Waals surface area contributed by atoms with Crippen molar-refractivity contribution >= 4 is 136 Å². The van der Waals surface area contributed by atoms with Gasteiger partial charge in [-0.1, -0.05) is 362 Å². The molecule has 0 aromatic heterocycles. The zero-order valence-electron chi connectivity index (χ0n) is 88.9. The van der Waals surface area contributed by atoms with Gasteiger partial charge < -0.3 is 100 Å². The van der Waals surface area contributed by atoms with Crippen LogP contribution in [0, 0.1) is 0 Å². The largest absolute Gasteiger partial charge is 1.00 e. The predicted molar refractivity (Wildman–Crippen MR) is 523 cm³/mol. The van der Waals surface area contributed by atoms with Crippen LogP contribution in [0.4, 0.5) is 0 Å². The first-order valence-electron chi connectivity index (χ1n) is 51.3. The summed E-state index contributed by atoms with van der Waals surface area (Å²) in [6.45, 7) is 8.04. The molecule has 0 aliphatic heterocycles. The van der Waals surface area contributed by atoms with E-state index < -0.39 is 232 Å². The molecule has 0 rings (SSSR count). The monoisotopic (exact) mass is 2240 g/mol. The molecule has 0 aliphatic rings. The zero-order chi connectivity index (χ0) is 110. The summed E-state index contributed by atoms with van der Waals surface area (Å²) in [6, 6.07) is -7.22. The van der Waals surface area contributed by atoms with Crippen molar-refractivity contribution < 1.29 is 308 Å². The van der Waals surface area contributed by atoms with Gasteiger partial charge in [0.05, 0.1) is 75.2 Å². The van der Waals surface area contributed by atoms with Gasteiger partial charge >= 0.3 is 166 Å². The van der Waals surface area contributed by atoms with Crippen LogP contribution in [0.25, 0.3) is 0 Å². The summed E-state index contributed by atoms with van der Waals surface area (Å²) in [5.41, 5.74) is 0. The minimum absolute atomic E-state index is 0. The molecule has 12 N–H and O–H groups in total. The van der Waals surface area contributed by atoms with Gasteiger partial charge in [-0.15, -0.1) is 0 Å². The number of hydrogen-bond donors (Lipinski definition) is 12. The molecule has 4 amide bonds. The number of carbonyl (C=O) groups excluding carboxylic acids is 8. The third-order valence-electron chi connectivity index (χ3n) is 24.3. The van der Waals surface area contributed by atoms with E-state index in [2.05, 4.69) is 27.7 Å².